The van der Waals surface area contributed by atoms with E-state index >= 15 is 0 Å². The van der Waals surface area contributed by atoms with E-state index in [-0.39, 0.29) is 28.7 Å². The summed E-state index contributed by atoms with van der Waals surface area (Å²) in [6, 6.07) is 6.34. The fraction of sp³-hybridized carbons (Fsp3) is 0.250. The monoisotopic (exact) mass is 310 g/mol. The zero-order chi connectivity index (χ0) is 15.6. The Morgan fingerprint density at radius 2 is 2.05 bits per heavy atom. The molecule has 0 aliphatic rings. The maximum atomic E-state index is 11.8. The van der Waals surface area contributed by atoms with Crippen LogP contribution in [0.15, 0.2) is 29.3 Å². The normalized spacial score (nSPS) is 11.5. The molecule has 1 heterocycles. The van der Waals surface area contributed by atoms with Gasteiger partial charge in [0.05, 0.1) is 17.9 Å². The molecule has 0 amide bonds. The highest BCUT2D eigenvalue weighted by Gasteiger charge is 2.22. The molecule has 0 bridgehead atoms. The van der Waals surface area contributed by atoms with Gasteiger partial charge in [0.2, 0.25) is 14.9 Å². The van der Waals surface area contributed by atoms with E-state index in [9.17, 15) is 13.2 Å². The van der Waals surface area contributed by atoms with Crippen molar-refractivity contribution in [2.75, 3.05) is 11.5 Å². The van der Waals surface area contributed by atoms with Gasteiger partial charge in [-0.15, -0.1) is 5.10 Å². The first-order chi connectivity index (χ1) is 9.86. The van der Waals surface area contributed by atoms with Gasteiger partial charge in [0.15, 0.2) is 5.82 Å². The van der Waals surface area contributed by atoms with Crippen LogP contribution in [0.25, 0.3) is 0 Å². The lowest BCUT2D eigenvalue weighted by atomic mass is 10.1. The average Bonchev–Trinajstić information content (AvgIpc) is 2.81. The second kappa shape index (κ2) is 5.52. The van der Waals surface area contributed by atoms with Gasteiger partial charge in [-0.1, -0.05) is 30.3 Å². The Labute approximate surface area is 121 Å². The number of aromatic carboxylic acids is 1. The number of hydrogen-bond acceptors (Lipinski definition) is 6. The number of hydrogen-bond donors (Lipinski definition) is 2. The SMILES string of the molecule is CCS(=O)(=O)c1nnn(Cc2ccccc2C(=O)O)c1N. The standard InChI is InChI=1S/C12H14N4O4S/c1-2-21(19,20)11-10(13)16(15-14-11)7-8-5-3-4-6-9(8)12(17)18/h3-6H,2,7,13H2,1H3,(H,17,18). The van der Waals surface area contributed by atoms with Gasteiger partial charge in [-0.2, -0.15) is 0 Å². The van der Waals surface area contributed by atoms with Crippen LogP contribution in [-0.4, -0.2) is 40.2 Å². The molecule has 21 heavy (non-hydrogen) atoms. The van der Waals surface area contributed by atoms with E-state index in [1.165, 1.54) is 17.7 Å². The smallest absolute Gasteiger partial charge is 0.336 e. The number of benzene rings is 1. The lowest BCUT2D eigenvalue weighted by molar-refractivity contribution is 0.0695. The summed E-state index contributed by atoms with van der Waals surface area (Å²) in [4.78, 5) is 11.1. The molecule has 2 aromatic rings. The Kier molecular flexibility index (Phi) is 3.94. The Morgan fingerprint density at radius 1 is 1.38 bits per heavy atom. The number of nitrogens with zero attached hydrogens (tertiary/aromatic N) is 3. The molecule has 0 aliphatic heterocycles. The number of anilines is 1. The minimum atomic E-state index is -3.56. The summed E-state index contributed by atoms with van der Waals surface area (Å²) in [7, 11) is -3.56. The minimum absolute atomic E-state index is 0.0283. The zero-order valence-corrected chi connectivity index (χ0v) is 12.0. The van der Waals surface area contributed by atoms with Crippen LogP contribution >= 0.6 is 0 Å². The fourth-order valence-electron chi connectivity index (χ4n) is 1.81. The number of carboxylic acids is 1. The number of nitrogens with two attached hydrogens (primary N) is 1. The molecule has 1 aromatic carbocycles. The maximum Gasteiger partial charge on any atom is 0.336 e. The quantitative estimate of drug-likeness (QED) is 0.817. The van der Waals surface area contributed by atoms with E-state index < -0.39 is 15.8 Å². The van der Waals surface area contributed by atoms with Crippen molar-refractivity contribution in [2.24, 2.45) is 0 Å². The molecule has 0 spiro atoms. The Bertz CT molecular complexity index is 782. The summed E-state index contributed by atoms with van der Waals surface area (Å²) in [6.45, 7) is 1.51. The summed E-state index contributed by atoms with van der Waals surface area (Å²) in [5, 5.41) is 16.1. The summed E-state index contributed by atoms with van der Waals surface area (Å²) in [6.07, 6.45) is 0. The molecule has 0 aliphatic carbocycles. The van der Waals surface area contributed by atoms with Crippen LogP contribution in [0.4, 0.5) is 5.82 Å². The summed E-state index contributed by atoms with van der Waals surface area (Å²) >= 11 is 0. The van der Waals surface area contributed by atoms with Crippen LogP contribution < -0.4 is 5.73 Å². The largest absolute Gasteiger partial charge is 0.478 e. The first-order valence-corrected chi connectivity index (χ1v) is 7.75. The van der Waals surface area contributed by atoms with E-state index in [4.69, 9.17) is 10.8 Å². The van der Waals surface area contributed by atoms with Gasteiger partial charge in [-0.25, -0.2) is 17.9 Å². The van der Waals surface area contributed by atoms with E-state index in [2.05, 4.69) is 10.3 Å². The molecule has 112 valence electrons. The molecule has 9 heteroatoms. The van der Waals surface area contributed by atoms with Gasteiger partial charge in [0, 0.05) is 0 Å². The van der Waals surface area contributed by atoms with Crippen molar-refractivity contribution in [3.63, 3.8) is 0 Å². The van der Waals surface area contributed by atoms with Crippen molar-refractivity contribution in [1.29, 1.82) is 0 Å². The van der Waals surface area contributed by atoms with Gasteiger partial charge < -0.3 is 10.8 Å². The minimum Gasteiger partial charge on any atom is -0.478 e. The van der Waals surface area contributed by atoms with Gasteiger partial charge in [0.25, 0.3) is 0 Å². The molecule has 3 N–H and O–H groups in total. The zero-order valence-electron chi connectivity index (χ0n) is 11.2. The second-order valence-electron chi connectivity index (χ2n) is 4.30. The van der Waals surface area contributed by atoms with Crippen molar-refractivity contribution < 1.29 is 18.3 Å². The highest BCUT2D eigenvalue weighted by Crippen LogP contribution is 2.18. The molecule has 0 saturated carbocycles. The molecule has 0 unspecified atom stereocenters. The Morgan fingerprint density at radius 3 is 2.67 bits per heavy atom. The van der Waals surface area contributed by atoms with E-state index in [0.717, 1.165) is 0 Å². The number of aromatic nitrogens is 3. The fourth-order valence-corrected chi connectivity index (χ4v) is 2.67. The number of sulfone groups is 1. The van der Waals surface area contributed by atoms with Gasteiger partial charge in [-0.3, -0.25) is 0 Å². The van der Waals surface area contributed by atoms with Crippen molar-refractivity contribution in [2.45, 2.75) is 18.5 Å². The predicted molar refractivity (Wildman–Crippen MR) is 74.7 cm³/mol. The third-order valence-corrected chi connectivity index (χ3v) is 4.62. The molecular weight excluding hydrogens is 296 g/mol. The van der Waals surface area contributed by atoms with Crippen molar-refractivity contribution in [1.82, 2.24) is 15.0 Å². The maximum absolute atomic E-state index is 11.8. The van der Waals surface area contributed by atoms with Gasteiger partial charge in [0.1, 0.15) is 0 Å². The highest BCUT2D eigenvalue weighted by atomic mass is 32.2. The van der Waals surface area contributed by atoms with E-state index in [1.54, 1.807) is 18.2 Å². The molecule has 0 fully saturated rings. The number of carboxylic acid groups (broad SMARTS) is 1. The predicted octanol–water partition coefficient (Wildman–Crippen LogP) is 0.400. The summed E-state index contributed by atoms with van der Waals surface area (Å²) in [5.74, 6) is -1.32. The van der Waals surface area contributed by atoms with Crippen LogP contribution in [0.2, 0.25) is 0 Å². The lowest BCUT2D eigenvalue weighted by Gasteiger charge is -2.07. The number of carbonyl (C=O) groups is 1. The third kappa shape index (κ3) is 2.87. The Hall–Kier alpha value is -2.42. The molecule has 0 atom stereocenters. The topological polar surface area (TPSA) is 128 Å². The third-order valence-electron chi connectivity index (χ3n) is 2.98. The van der Waals surface area contributed by atoms with E-state index in [0.29, 0.717) is 5.56 Å². The van der Waals surface area contributed by atoms with Gasteiger partial charge in [-0.05, 0) is 11.6 Å². The van der Waals surface area contributed by atoms with Crippen molar-refractivity contribution >= 4 is 21.6 Å². The van der Waals surface area contributed by atoms with Crippen molar-refractivity contribution in [3.8, 4) is 0 Å². The molecule has 1 aromatic heterocycles. The first-order valence-electron chi connectivity index (χ1n) is 6.09. The molecular formula is C12H14N4O4S. The van der Waals surface area contributed by atoms with E-state index in [1.807, 2.05) is 0 Å². The van der Waals surface area contributed by atoms with Crippen LogP contribution in [0.3, 0.4) is 0 Å². The highest BCUT2D eigenvalue weighted by molar-refractivity contribution is 7.91. The molecule has 2 rings (SSSR count). The second-order valence-corrected chi connectivity index (χ2v) is 6.50. The first kappa shape index (κ1) is 15.0. The van der Waals surface area contributed by atoms with Crippen LogP contribution in [-0.2, 0) is 16.4 Å². The van der Waals surface area contributed by atoms with Crippen molar-refractivity contribution in [3.05, 3.63) is 35.4 Å². The molecule has 0 radical (unpaired) electrons. The van der Waals surface area contributed by atoms with Crippen LogP contribution in [0.1, 0.15) is 22.8 Å². The molecule has 0 saturated heterocycles. The summed E-state index contributed by atoms with van der Waals surface area (Å²) in [5.41, 5.74) is 6.31. The number of rotatable bonds is 5. The average molecular weight is 310 g/mol. The van der Waals surface area contributed by atoms with Crippen LogP contribution in [0, 0.1) is 0 Å². The van der Waals surface area contributed by atoms with Gasteiger partial charge >= 0.3 is 5.97 Å². The summed E-state index contributed by atoms with van der Waals surface area (Å²) < 4.78 is 24.7. The number of nitrogen functional groups attached to an aromatic ring is 1. The molecule has 8 nitrogen and oxygen atoms in total. The Balaban J connectivity index is 2.41. The van der Waals surface area contributed by atoms with Crippen LogP contribution in [0.5, 0.6) is 0 Å². The lowest BCUT2D eigenvalue weighted by Crippen LogP contribution is -2.12.